The Balaban J connectivity index is 1.93. The molecule has 4 nitrogen and oxygen atoms in total. The monoisotopic (exact) mass is 207 g/mol. The minimum Gasteiger partial charge on any atom is -0.480 e. The van der Waals surface area contributed by atoms with Crippen LogP contribution in [0.25, 0.3) is 0 Å². The van der Waals surface area contributed by atoms with Crippen LogP contribution in [0.3, 0.4) is 0 Å². The molecule has 1 aromatic heterocycles. The number of methoxy groups -OCH3 is 1. The molecular weight excluding hydrogens is 190 g/mol. The zero-order valence-corrected chi connectivity index (χ0v) is 9.31. The van der Waals surface area contributed by atoms with Crippen molar-refractivity contribution in [3.63, 3.8) is 0 Å². The molecular formula is C11H17N3O. The fourth-order valence-corrected chi connectivity index (χ4v) is 2.05. The molecule has 15 heavy (non-hydrogen) atoms. The highest BCUT2D eigenvalue weighted by Crippen LogP contribution is 2.18. The molecule has 2 heterocycles. The summed E-state index contributed by atoms with van der Waals surface area (Å²) in [5.41, 5.74) is 1.07. The molecule has 1 aliphatic rings. The first kappa shape index (κ1) is 10.4. The lowest BCUT2D eigenvalue weighted by molar-refractivity contribution is 0.386. The Morgan fingerprint density at radius 1 is 1.47 bits per heavy atom. The number of rotatable bonds is 3. The fourth-order valence-electron chi connectivity index (χ4n) is 2.05. The third-order valence-corrected chi connectivity index (χ3v) is 2.89. The SMILES string of the molecule is COc1ccc(CC2CCN(C)C2)nn1. The van der Waals surface area contributed by atoms with Gasteiger partial charge < -0.3 is 9.64 Å². The predicted molar refractivity (Wildman–Crippen MR) is 57.9 cm³/mol. The number of hydrogen-bond donors (Lipinski definition) is 0. The van der Waals surface area contributed by atoms with E-state index in [1.807, 2.05) is 12.1 Å². The van der Waals surface area contributed by atoms with Crippen LogP contribution in [-0.2, 0) is 6.42 Å². The zero-order valence-electron chi connectivity index (χ0n) is 9.31. The highest BCUT2D eigenvalue weighted by molar-refractivity contribution is 5.11. The highest BCUT2D eigenvalue weighted by Gasteiger charge is 2.20. The van der Waals surface area contributed by atoms with Crippen LogP contribution in [0, 0.1) is 5.92 Å². The Morgan fingerprint density at radius 2 is 2.33 bits per heavy atom. The van der Waals surface area contributed by atoms with Crippen molar-refractivity contribution in [2.75, 3.05) is 27.2 Å². The van der Waals surface area contributed by atoms with Crippen molar-refractivity contribution in [2.24, 2.45) is 5.92 Å². The Morgan fingerprint density at radius 3 is 2.87 bits per heavy atom. The van der Waals surface area contributed by atoms with E-state index in [1.165, 1.54) is 19.5 Å². The molecule has 0 N–H and O–H groups in total. The summed E-state index contributed by atoms with van der Waals surface area (Å²) in [5, 5.41) is 8.12. The summed E-state index contributed by atoms with van der Waals surface area (Å²) in [5.74, 6) is 1.32. The van der Waals surface area contributed by atoms with Crippen LogP contribution in [-0.4, -0.2) is 42.3 Å². The number of hydrogen-bond acceptors (Lipinski definition) is 4. The van der Waals surface area contributed by atoms with Gasteiger partial charge in [0.05, 0.1) is 12.8 Å². The van der Waals surface area contributed by atoms with Crippen LogP contribution >= 0.6 is 0 Å². The molecule has 82 valence electrons. The molecule has 1 saturated heterocycles. The van der Waals surface area contributed by atoms with E-state index in [1.54, 1.807) is 7.11 Å². The van der Waals surface area contributed by atoms with Gasteiger partial charge in [-0.25, -0.2) is 0 Å². The van der Waals surface area contributed by atoms with Crippen LogP contribution in [0.1, 0.15) is 12.1 Å². The van der Waals surface area contributed by atoms with E-state index in [0.717, 1.165) is 18.0 Å². The first-order valence-corrected chi connectivity index (χ1v) is 5.33. The lowest BCUT2D eigenvalue weighted by atomic mass is 10.0. The van der Waals surface area contributed by atoms with Gasteiger partial charge in [0.1, 0.15) is 0 Å². The molecule has 0 bridgehead atoms. The molecule has 1 aliphatic heterocycles. The maximum atomic E-state index is 4.97. The maximum Gasteiger partial charge on any atom is 0.233 e. The summed E-state index contributed by atoms with van der Waals surface area (Å²) in [6.07, 6.45) is 2.30. The molecule has 0 radical (unpaired) electrons. The van der Waals surface area contributed by atoms with Crippen LogP contribution < -0.4 is 4.74 Å². The van der Waals surface area contributed by atoms with Crippen molar-refractivity contribution in [1.82, 2.24) is 15.1 Å². The first-order chi connectivity index (χ1) is 7.28. The summed E-state index contributed by atoms with van der Waals surface area (Å²) >= 11 is 0. The van der Waals surface area contributed by atoms with Gasteiger partial charge in [0, 0.05) is 12.6 Å². The highest BCUT2D eigenvalue weighted by atomic mass is 16.5. The standard InChI is InChI=1S/C11H17N3O/c1-14-6-5-9(8-14)7-10-3-4-11(15-2)13-12-10/h3-4,9H,5-8H2,1-2H3. The summed E-state index contributed by atoms with van der Waals surface area (Å²) in [6.45, 7) is 2.38. The minimum atomic E-state index is 0.585. The van der Waals surface area contributed by atoms with Gasteiger partial charge in [-0.15, -0.1) is 5.10 Å². The Kier molecular flexibility index (Phi) is 3.16. The minimum absolute atomic E-state index is 0.585. The van der Waals surface area contributed by atoms with E-state index in [-0.39, 0.29) is 0 Å². The number of ether oxygens (including phenoxy) is 1. The van der Waals surface area contributed by atoms with E-state index in [2.05, 4.69) is 22.1 Å². The lowest BCUT2D eigenvalue weighted by Gasteiger charge is -2.09. The third-order valence-electron chi connectivity index (χ3n) is 2.89. The topological polar surface area (TPSA) is 38.2 Å². The third kappa shape index (κ3) is 2.65. The number of nitrogens with zero attached hydrogens (tertiary/aromatic N) is 3. The Bertz CT molecular complexity index is 312. The molecule has 0 saturated carbocycles. The van der Waals surface area contributed by atoms with E-state index in [0.29, 0.717) is 5.88 Å². The van der Waals surface area contributed by atoms with Crippen LogP contribution in [0.15, 0.2) is 12.1 Å². The molecule has 0 spiro atoms. The molecule has 1 aromatic rings. The molecule has 1 atom stereocenters. The predicted octanol–water partition coefficient (Wildman–Crippen LogP) is 0.979. The lowest BCUT2D eigenvalue weighted by Crippen LogP contribution is -2.15. The van der Waals surface area contributed by atoms with E-state index >= 15 is 0 Å². The second kappa shape index (κ2) is 4.57. The van der Waals surface area contributed by atoms with Crippen molar-refractivity contribution in [2.45, 2.75) is 12.8 Å². The summed E-state index contributed by atoms with van der Waals surface area (Å²) in [4.78, 5) is 2.36. The van der Waals surface area contributed by atoms with Crippen molar-refractivity contribution < 1.29 is 4.74 Å². The second-order valence-corrected chi connectivity index (χ2v) is 4.19. The molecule has 0 amide bonds. The van der Waals surface area contributed by atoms with Crippen molar-refractivity contribution in [3.05, 3.63) is 17.8 Å². The van der Waals surface area contributed by atoms with Gasteiger partial charge in [0.25, 0.3) is 0 Å². The first-order valence-electron chi connectivity index (χ1n) is 5.33. The summed E-state index contributed by atoms with van der Waals surface area (Å²) < 4.78 is 4.97. The average Bonchev–Trinajstić information content (AvgIpc) is 2.65. The van der Waals surface area contributed by atoms with Gasteiger partial charge >= 0.3 is 0 Å². The average molecular weight is 207 g/mol. The van der Waals surface area contributed by atoms with Crippen molar-refractivity contribution in [1.29, 1.82) is 0 Å². The van der Waals surface area contributed by atoms with Gasteiger partial charge in [0.15, 0.2) is 0 Å². The van der Waals surface area contributed by atoms with E-state index in [9.17, 15) is 0 Å². The normalized spacial score (nSPS) is 21.9. The van der Waals surface area contributed by atoms with Gasteiger partial charge in [-0.05, 0) is 38.4 Å². The molecule has 4 heteroatoms. The zero-order chi connectivity index (χ0) is 10.7. The van der Waals surface area contributed by atoms with Crippen molar-refractivity contribution in [3.8, 4) is 5.88 Å². The Labute approximate surface area is 90.3 Å². The fraction of sp³-hybridized carbons (Fsp3) is 0.636. The molecule has 0 aromatic carbocycles. The van der Waals surface area contributed by atoms with Gasteiger partial charge in [-0.2, -0.15) is 5.10 Å². The molecule has 2 rings (SSSR count). The van der Waals surface area contributed by atoms with Gasteiger partial charge in [0.2, 0.25) is 5.88 Å². The largest absolute Gasteiger partial charge is 0.480 e. The second-order valence-electron chi connectivity index (χ2n) is 4.19. The van der Waals surface area contributed by atoms with Gasteiger partial charge in [-0.1, -0.05) is 0 Å². The maximum absolute atomic E-state index is 4.97. The quantitative estimate of drug-likeness (QED) is 0.740. The summed E-state index contributed by atoms with van der Waals surface area (Å²) in [7, 11) is 3.77. The van der Waals surface area contributed by atoms with E-state index < -0.39 is 0 Å². The molecule has 0 aliphatic carbocycles. The number of likely N-dealkylation sites (tertiary alicyclic amines) is 1. The van der Waals surface area contributed by atoms with Crippen molar-refractivity contribution >= 4 is 0 Å². The van der Waals surface area contributed by atoms with Gasteiger partial charge in [-0.3, -0.25) is 0 Å². The van der Waals surface area contributed by atoms with Crippen LogP contribution in [0.2, 0.25) is 0 Å². The van der Waals surface area contributed by atoms with Crippen LogP contribution in [0.4, 0.5) is 0 Å². The van der Waals surface area contributed by atoms with Crippen LogP contribution in [0.5, 0.6) is 5.88 Å². The number of aromatic nitrogens is 2. The smallest absolute Gasteiger partial charge is 0.233 e. The molecule has 1 fully saturated rings. The van der Waals surface area contributed by atoms with E-state index in [4.69, 9.17) is 4.74 Å². The Hall–Kier alpha value is -1.16. The molecule has 1 unspecified atom stereocenters. The summed E-state index contributed by atoms with van der Waals surface area (Å²) in [6, 6.07) is 3.88.